The van der Waals surface area contributed by atoms with Crippen molar-refractivity contribution < 1.29 is 4.39 Å². The Kier molecular flexibility index (Phi) is 5.29. The van der Waals surface area contributed by atoms with Crippen LogP contribution in [0.15, 0.2) is 18.2 Å². The number of hydrogen-bond acceptors (Lipinski definition) is 2. The van der Waals surface area contributed by atoms with Crippen molar-refractivity contribution in [1.82, 2.24) is 0 Å². The third-order valence-corrected chi connectivity index (χ3v) is 3.86. The normalized spacial score (nSPS) is 13.1. The fourth-order valence-electron chi connectivity index (χ4n) is 1.43. The van der Waals surface area contributed by atoms with E-state index in [0.29, 0.717) is 11.5 Å². The van der Waals surface area contributed by atoms with Crippen molar-refractivity contribution in [2.75, 3.05) is 11.5 Å². The minimum Gasteiger partial charge on any atom is -0.323 e. The van der Waals surface area contributed by atoms with E-state index in [0.717, 1.165) is 17.1 Å². The zero-order valence-corrected chi connectivity index (χ0v) is 11.0. The first-order valence-corrected chi connectivity index (χ1v) is 6.75. The molecule has 3 heteroatoms. The Balaban J connectivity index is 2.52. The van der Waals surface area contributed by atoms with E-state index in [1.165, 1.54) is 6.07 Å². The van der Waals surface area contributed by atoms with Gasteiger partial charge in [-0.2, -0.15) is 11.8 Å². The molecule has 1 atom stereocenters. The van der Waals surface area contributed by atoms with E-state index in [1.807, 2.05) is 17.8 Å². The van der Waals surface area contributed by atoms with Crippen LogP contribution in [-0.4, -0.2) is 11.5 Å². The predicted octanol–water partition coefficient (Wildman–Crippen LogP) is 3.52. The van der Waals surface area contributed by atoms with Gasteiger partial charge in [-0.25, -0.2) is 4.39 Å². The molecule has 1 aromatic carbocycles. The minimum atomic E-state index is -0.161. The van der Waals surface area contributed by atoms with Crippen LogP contribution in [0.5, 0.6) is 0 Å². The van der Waals surface area contributed by atoms with Gasteiger partial charge in [0, 0.05) is 11.8 Å². The van der Waals surface area contributed by atoms with Crippen LogP contribution < -0.4 is 5.73 Å². The zero-order valence-electron chi connectivity index (χ0n) is 10.2. The summed E-state index contributed by atoms with van der Waals surface area (Å²) in [6, 6.07) is 5.12. The molecule has 0 heterocycles. The quantitative estimate of drug-likeness (QED) is 0.853. The standard InChI is InChI=1S/C13H20FNS/c1-9(2)7-16-8-13(15)11-4-5-12(14)10(3)6-11/h4-6,9,13H,7-8,15H2,1-3H3. The molecule has 1 unspecified atom stereocenters. The first-order chi connectivity index (χ1) is 7.50. The van der Waals surface area contributed by atoms with Crippen LogP contribution in [0.4, 0.5) is 4.39 Å². The second-order valence-corrected chi connectivity index (χ2v) is 5.62. The van der Waals surface area contributed by atoms with Crippen molar-refractivity contribution in [1.29, 1.82) is 0 Å². The SMILES string of the molecule is Cc1cc(C(N)CSCC(C)C)ccc1F. The predicted molar refractivity (Wildman–Crippen MR) is 70.2 cm³/mol. The zero-order chi connectivity index (χ0) is 12.1. The highest BCUT2D eigenvalue weighted by atomic mass is 32.2. The molecule has 1 rings (SSSR count). The summed E-state index contributed by atoms with van der Waals surface area (Å²) < 4.78 is 13.1. The van der Waals surface area contributed by atoms with Gasteiger partial charge in [0.15, 0.2) is 0 Å². The summed E-state index contributed by atoms with van der Waals surface area (Å²) in [7, 11) is 0. The van der Waals surface area contributed by atoms with Crippen molar-refractivity contribution >= 4 is 11.8 Å². The van der Waals surface area contributed by atoms with Crippen LogP contribution in [-0.2, 0) is 0 Å². The third kappa shape index (κ3) is 4.14. The van der Waals surface area contributed by atoms with Gasteiger partial charge in [-0.15, -0.1) is 0 Å². The van der Waals surface area contributed by atoms with E-state index < -0.39 is 0 Å². The number of rotatable bonds is 5. The molecule has 0 saturated heterocycles. The van der Waals surface area contributed by atoms with Gasteiger partial charge in [-0.3, -0.25) is 0 Å². The maximum atomic E-state index is 13.1. The molecule has 0 spiro atoms. The van der Waals surface area contributed by atoms with E-state index in [9.17, 15) is 4.39 Å². The Labute approximate surface area is 102 Å². The highest BCUT2D eigenvalue weighted by molar-refractivity contribution is 7.99. The van der Waals surface area contributed by atoms with Crippen molar-refractivity contribution in [3.63, 3.8) is 0 Å². The molecule has 0 bridgehead atoms. The number of hydrogen-bond donors (Lipinski definition) is 1. The molecule has 0 radical (unpaired) electrons. The summed E-state index contributed by atoms with van der Waals surface area (Å²) in [6.45, 7) is 6.16. The molecule has 2 N–H and O–H groups in total. The molecule has 0 fully saturated rings. The summed E-state index contributed by atoms with van der Waals surface area (Å²) in [4.78, 5) is 0. The van der Waals surface area contributed by atoms with Gasteiger partial charge in [-0.05, 0) is 35.8 Å². The molecule has 1 nitrogen and oxygen atoms in total. The Morgan fingerprint density at radius 2 is 2.00 bits per heavy atom. The molecule has 0 aliphatic rings. The lowest BCUT2D eigenvalue weighted by atomic mass is 10.1. The second-order valence-electron chi connectivity index (χ2n) is 4.55. The Hall–Kier alpha value is -0.540. The average molecular weight is 241 g/mol. The minimum absolute atomic E-state index is 0.00282. The van der Waals surface area contributed by atoms with Crippen LogP contribution in [0.2, 0.25) is 0 Å². The number of nitrogens with two attached hydrogens (primary N) is 1. The molecule has 16 heavy (non-hydrogen) atoms. The molecule has 0 aromatic heterocycles. The fraction of sp³-hybridized carbons (Fsp3) is 0.538. The highest BCUT2D eigenvalue weighted by Gasteiger charge is 2.08. The van der Waals surface area contributed by atoms with Crippen LogP contribution in [0.25, 0.3) is 0 Å². The molecule has 0 saturated carbocycles. The summed E-state index contributed by atoms with van der Waals surface area (Å²) >= 11 is 1.86. The summed E-state index contributed by atoms with van der Waals surface area (Å²) in [5, 5.41) is 0. The fourth-order valence-corrected chi connectivity index (χ4v) is 2.48. The molecule has 0 aliphatic carbocycles. The van der Waals surface area contributed by atoms with E-state index in [4.69, 9.17) is 5.73 Å². The molecule has 90 valence electrons. The number of benzene rings is 1. The number of thioether (sulfide) groups is 1. The number of aryl methyl sites for hydroxylation is 1. The van der Waals surface area contributed by atoms with Gasteiger partial charge in [-0.1, -0.05) is 26.0 Å². The topological polar surface area (TPSA) is 26.0 Å². The van der Waals surface area contributed by atoms with Gasteiger partial charge in [0.05, 0.1) is 0 Å². The first-order valence-electron chi connectivity index (χ1n) is 5.60. The van der Waals surface area contributed by atoms with E-state index in [-0.39, 0.29) is 11.9 Å². The highest BCUT2D eigenvalue weighted by Crippen LogP contribution is 2.19. The summed E-state index contributed by atoms with van der Waals surface area (Å²) in [6.07, 6.45) is 0. The Morgan fingerprint density at radius 1 is 1.31 bits per heavy atom. The largest absolute Gasteiger partial charge is 0.323 e. The average Bonchev–Trinajstić information content (AvgIpc) is 2.21. The Bertz CT molecular complexity index is 339. The van der Waals surface area contributed by atoms with Crippen molar-refractivity contribution in [2.45, 2.75) is 26.8 Å². The second kappa shape index (κ2) is 6.26. The van der Waals surface area contributed by atoms with Crippen LogP contribution >= 0.6 is 11.8 Å². The number of halogens is 1. The van der Waals surface area contributed by atoms with E-state index in [2.05, 4.69) is 13.8 Å². The maximum Gasteiger partial charge on any atom is 0.126 e. The monoisotopic (exact) mass is 241 g/mol. The van der Waals surface area contributed by atoms with E-state index >= 15 is 0 Å². The van der Waals surface area contributed by atoms with Gasteiger partial charge in [0.25, 0.3) is 0 Å². The molecule has 1 aromatic rings. The molecule has 0 amide bonds. The maximum absolute atomic E-state index is 13.1. The molecular weight excluding hydrogens is 221 g/mol. The van der Waals surface area contributed by atoms with Gasteiger partial charge in [0.2, 0.25) is 0 Å². The molecular formula is C13H20FNS. The van der Waals surface area contributed by atoms with Crippen LogP contribution in [0.3, 0.4) is 0 Å². The van der Waals surface area contributed by atoms with Crippen molar-refractivity contribution in [3.05, 3.63) is 35.1 Å². The summed E-state index contributed by atoms with van der Waals surface area (Å²) in [5.74, 6) is 2.54. The molecule has 0 aliphatic heterocycles. The van der Waals surface area contributed by atoms with Crippen LogP contribution in [0, 0.1) is 18.7 Å². The first kappa shape index (κ1) is 13.5. The van der Waals surface area contributed by atoms with Crippen molar-refractivity contribution in [2.24, 2.45) is 11.7 Å². The van der Waals surface area contributed by atoms with E-state index in [1.54, 1.807) is 13.0 Å². The smallest absolute Gasteiger partial charge is 0.126 e. The third-order valence-electron chi connectivity index (χ3n) is 2.36. The lowest BCUT2D eigenvalue weighted by molar-refractivity contribution is 0.616. The lowest BCUT2D eigenvalue weighted by Crippen LogP contribution is -2.14. The van der Waals surface area contributed by atoms with Gasteiger partial charge >= 0.3 is 0 Å². The lowest BCUT2D eigenvalue weighted by Gasteiger charge is -2.13. The van der Waals surface area contributed by atoms with Gasteiger partial charge in [0.1, 0.15) is 5.82 Å². The van der Waals surface area contributed by atoms with Crippen molar-refractivity contribution in [3.8, 4) is 0 Å². The Morgan fingerprint density at radius 3 is 2.56 bits per heavy atom. The van der Waals surface area contributed by atoms with Crippen LogP contribution in [0.1, 0.15) is 31.0 Å². The summed E-state index contributed by atoms with van der Waals surface area (Å²) in [5.41, 5.74) is 7.75. The van der Waals surface area contributed by atoms with Gasteiger partial charge < -0.3 is 5.73 Å².